The summed E-state index contributed by atoms with van der Waals surface area (Å²) in [6, 6.07) is 10.7. The Bertz CT molecular complexity index is 1100. The first-order valence-corrected chi connectivity index (χ1v) is 11.5. The molecule has 0 spiro atoms. The van der Waals surface area contributed by atoms with Crippen molar-refractivity contribution in [3.63, 3.8) is 0 Å². The van der Waals surface area contributed by atoms with Gasteiger partial charge in [-0.25, -0.2) is 4.98 Å². The summed E-state index contributed by atoms with van der Waals surface area (Å²) in [5, 5.41) is 8.19. The molecule has 0 aliphatic carbocycles. The minimum absolute atomic E-state index is 0.158. The lowest BCUT2D eigenvalue weighted by Gasteiger charge is -2.38. The molecule has 9 heteroatoms. The van der Waals surface area contributed by atoms with Gasteiger partial charge in [-0.1, -0.05) is 41.4 Å². The Morgan fingerprint density at radius 3 is 2.36 bits per heavy atom. The highest BCUT2D eigenvalue weighted by Gasteiger charge is 2.33. The summed E-state index contributed by atoms with van der Waals surface area (Å²) in [6.07, 6.45) is -1.80. The molecule has 1 aromatic heterocycles. The van der Waals surface area contributed by atoms with Crippen LogP contribution in [0, 0.1) is 6.92 Å². The Kier molecular flexibility index (Phi) is 7.05. The molecular weight excluding hydrogens is 472 g/mol. The molecule has 1 fully saturated rings. The molecule has 4 rings (SSSR count). The highest BCUT2D eigenvalue weighted by Crippen LogP contribution is 2.32. The fourth-order valence-corrected chi connectivity index (χ4v) is 4.52. The Morgan fingerprint density at radius 1 is 1.03 bits per heavy atom. The van der Waals surface area contributed by atoms with Gasteiger partial charge in [0.15, 0.2) is 0 Å². The van der Waals surface area contributed by atoms with Crippen molar-refractivity contribution in [2.24, 2.45) is 0 Å². The Morgan fingerprint density at radius 2 is 1.73 bits per heavy atom. The highest BCUT2D eigenvalue weighted by molar-refractivity contribution is 6.42. The quantitative estimate of drug-likeness (QED) is 0.382. The van der Waals surface area contributed by atoms with Crippen molar-refractivity contribution in [2.75, 3.05) is 13.1 Å². The Hall–Kier alpha value is -2.06. The van der Waals surface area contributed by atoms with Crippen LogP contribution in [0.1, 0.15) is 35.4 Å². The average molecular weight is 497 g/mol. The Labute approximate surface area is 200 Å². The number of alkyl halides is 3. The fourth-order valence-electron chi connectivity index (χ4n) is 4.20. The number of rotatable bonds is 6. The summed E-state index contributed by atoms with van der Waals surface area (Å²) in [6.45, 7) is 4.38. The summed E-state index contributed by atoms with van der Waals surface area (Å²) in [5.41, 5.74) is 2.67. The number of aryl methyl sites for hydroxylation is 1. The van der Waals surface area contributed by atoms with Gasteiger partial charge in [0.25, 0.3) is 0 Å². The second-order valence-corrected chi connectivity index (χ2v) is 9.36. The van der Waals surface area contributed by atoms with Crippen molar-refractivity contribution in [2.45, 2.75) is 44.4 Å². The molecule has 0 saturated carbocycles. The summed E-state index contributed by atoms with van der Waals surface area (Å²) in [4.78, 5) is 8.00. The molecule has 0 radical (unpaired) electrons. The molecule has 2 heterocycles. The van der Waals surface area contributed by atoms with E-state index in [0.29, 0.717) is 34.4 Å². The molecule has 1 aliphatic rings. The van der Waals surface area contributed by atoms with Gasteiger partial charge in [-0.15, -0.1) is 0 Å². The number of hydrogen-bond acceptors (Lipinski definition) is 3. The number of H-pyrrole nitrogens is 1. The molecule has 0 bridgehead atoms. The summed E-state index contributed by atoms with van der Waals surface area (Å²) in [5.74, 6) is 0.574. The number of aromatic nitrogens is 2. The number of imidazole rings is 1. The average Bonchev–Trinajstić information content (AvgIpc) is 3.15. The maximum Gasteiger partial charge on any atom is 0.416 e. The minimum Gasteiger partial charge on any atom is -0.342 e. The number of nitrogens with zero attached hydrogens (tertiary/aromatic N) is 1. The van der Waals surface area contributed by atoms with E-state index in [1.807, 2.05) is 19.1 Å². The molecule has 4 nitrogen and oxygen atoms in total. The van der Waals surface area contributed by atoms with E-state index in [2.05, 4.69) is 15.6 Å². The summed E-state index contributed by atoms with van der Waals surface area (Å²) in [7, 11) is 0. The van der Waals surface area contributed by atoms with Gasteiger partial charge in [-0.3, -0.25) is 0 Å². The molecule has 1 aliphatic heterocycles. The van der Waals surface area contributed by atoms with Crippen LogP contribution in [0.2, 0.25) is 10.0 Å². The first-order valence-electron chi connectivity index (χ1n) is 10.8. The van der Waals surface area contributed by atoms with Gasteiger partial charge in [0.2, 0.25) is 0 Å². The summed E-state index contributed by atoms with van der Waals surface area (Å²) < 4.78 is 38.6. The monoisotopic (exact) mass is 496 g/mol. The molecule has 1 saturated heterocycles. The van der Waals surface area contributed by atoms with Crippen molar-refractivity contribution >= 4 is 23.2 Å². The van der Waals surface area contributed by atoms with Crippen LogP contribution in [0.3, 0.4) is 0 Å². The van der Waals surface area contributed by atoms with Crippen LogP contribution in [0.4, 0.5) is 13.2 Å². The van der Waals surface area contributed by atoms with Crippen LogP contribution in [0.15, 0.2) is 42.5 Å². The van der Waals surface area contributed by atoms with Gasteiger partial charge in [0, 0.05) is 29.8 Å². The van der Waals surface area contributed by atoms with Crippen LogP contribution in [-0.2, 0) is 19.1 Å². The first kappa shape index (κ1) is 24.1. The molecule has 0 unspecified atom stereocenters. The van der Waals surface area contributed by atoms with E-state index >= 15 is 0 Å². The third-order valence-electron chi connectivity index (χ3n) is 6.19. The van der Waals surface area contributed by atoms with Crippen LogP contribution in [-0.4, -0.2) is 28.6 Å². The second kappa shape index (κ2) is 9.66. The van der Waals surface area contributed by atoms with Crippen LogP contribution in [0.25, 0.3) is 11.4 Å². The maximum absolute atomic E-state index is 12.9. The van der Waals surface area contributed by atoms with Gasteiger partial charge in [0.05, 0.1) is 21.3 Å². The predicted molar refractivity (Wildman–Crippen MR) is 126 cm³/mol. The number of halogens is 5. The molecule has 33 heavy (non-hydrogen) atoms. The zero-order valence-electron chi connectivity index (χ0n) is 18.1. The van der Waals surface area contributed by atoms with E-state index in [9.17, 15) is 13.2 Å². The SMILES string of the molecule is Cc1[nH]c(-c2ccc(C(F)(F)F)cc2)nc1CC1(NCc2ccc(Cl)c(Cl)c2)CCNCC1. The normalized spacial score (nSPS) is 16.2. The van der Waals surface area contributed by atoms with Gasteiger partial charge in [0.1, 0.15) is 5.82 Å². The molecule has 176 valence electrons. The molecule has 0 amide bonds. The van der Waals surface area contributed by atoms with Crippen LogP contribution >= 0.6 is 23.2 Å². The van der Waals surface area contributed by atoms with Gasteiger partial charge in [-0.2, -0.15) is 13.2 Å². The lowest BCUT2D eigenvalue weighted by atomic mass is 9.83. The second-order valence-electron chi connectivity index (χ2n) is 8.54. The van der Waals surface area contributed by atoms with E-state index in [0.717, 1.165) is 55.0 Å². The fraction of sp³-hybridized carbons (Fsp3) is 0.375. The highest BCUT2D eigenvalue weighted by atomic mass is 35.5. The zero-order chi connectivity index (χ0) is 23.6. The topological polar surface area (TPSA) is 52.7 Å². The molecule has 0 atom stereocenters. The third-order valence-corrected chi connectivity index (χ3v) is 6.93. The van der Waals surface area contributed by atoms with Gasteiger partial charge in [-0.05, 0) is 62.7 Å². The standard InChI is InChI=1S/C24H25Cl2F3N4/c1-15-21(33-22(32-15)17-3-5-18(6-4-17)24(27,28)29)13-23(8-10-30-11-9-23)31-14-16-2-7-19(25)20(26)12-16/h2-7,12,30-31H,8-11,13-14H2,1H3,(H,32,33). The van der Waals surface area contributed by atoms with E-state index in [-0.39, 0.29) is 5.54 Å². The Balaban J connectivity index is 1.53. The van der Waals surface area contributed by atoms with Crippen molar-refractivity contribution in [3.8, 4) is 11.4 Å². The van der Waals surface area contributed by atoms with Crippen molar-refractivity contribution in [1.29, 1.82) is 0 Å². The summed E-state index contributed by atoms with van der Waals surface area (Å²) >= 11 is 12.2. The van der Waals surface area contributed by atoms with E-state index in [1.54, 1.807) is 6.07 Å². The van der Waals surface area contributed by atoms with Gasteiger partial charge < -0.3 is 15.6 Å². The van der Waals surface area contributed by atoms with Crippen molar-refractivity contribution < 1.29 is 13.2 Å². The number of benzene rings is 2. The number of aromatic amines is 1. The van der Waals surface area contributed by atoms with Crippen LogP contribution in [0.5, 0.6) is 0 Å². The largest absolute Gasteiger partial charge is 0.416 e. The van der Waals surface area contributed by atoms with Crippen molar-refractivity contribution in [3.05, 3.63) is 75.0 Å². The lowest BCUT2D eigenvalue weighted by molar-refractivity contribution is -0.137. The van der Waals surface area contributed by atoms with E-state index < -0.39 is 11.7 Å². The molecule has 2 aromatic carbocycles. The van der Waals surface area contributed by atoms with Crippen LogP contribution < -0.4 is 10.6 Å². The molecular formula is C24H25Cl2F3N4. The molecule has 3 aromatic rings. The van der Waals surface area contributed by atoms with E-state index in [1.165, 1.54) is 12.1 Å². The minimum atomic E-state index is -4.36. The predicted octanol–water partition coefficient (Wildman–Crippen LogP) is 6.17. The number of piperidine rings is 1. The van der Waals surface area contributed by atoms with Gasteiger partial charge >= 0.3 is 6.18 Å². The van der Waals surface area contributed by atoms with E-state index in [4.69, 9.17) is 28.2 Å². The molecule has 3 N–H and O–H groups in total. The third kappa shape index (κ3) is 5.72. The smallest absolute Gasteiger partial charge is 0.342 e. The maximum atomic E-state index is 12.9. The zero-order valence-corrected chi connectivity index (χ0v) is 19.6. The number of hydrogen-bond donors (Lipinski definition) is 3. The van der Waals surface area contributed by atoms with Crippen molar-refractivity contribution in [1.82, 2.24) is 20.6 Å². The number of nitrogens with one attached hydrogen (secondary N) is 3. The lowest BCUT2D eigenvalue weighted by Crippen LogP contribution is -2.53. The first-order chi connectivity index (χ1) is 15.7.